The number of esters is 2. The van der Waals surface area contributed by atoms with Crippen LogP contribution in [0.15, 0.2) is 82.4 Å². The average molecular weight is 1110 g/mol. The number of pyridine rings is 4. The number of carbonyl (C=O) groups excluding carboxylic acids is 2. The monoisotopic (exact) mass is 1110 g/mol. The number of benzene rings is 2. The molecule has 0 saturated carbocycles. The van der Waals surface area contributed by atoms with Gasteiger partial charge < -0.3 is 78.5 Å². The Morgan fingerprint density at radius 1 is 0.688 bits per heavy atom. The minimum atomic E-state index is -5.07. The molecule has 77 heavy (non-hydrogen) atoms. The Hall–Kier alpha value is -6.00. The molecular weight excluding hydrogens is 1060 g/mol. The first-order valence-electron chi connectivity index (χ1n) is 23.8. The third kappa shape index (κ3) is 11.3. The Balaban J connectivity index is 0.000000167. The molecule has 7 atom stereocenters. The molecule has 0 saturated heterocycles. The van der Waals surface area contributed by atoms with Gasteiger partial charge >= 0.3 is 19.8 Å². The number of aliphatic hydroxyl groups excluding tert-OH is 5. The van der Waals surface area contributed by atoms with Gasteiger partial charge in [-0.05, 0) is 56.3 Å². The van der Waals surface area contributed by atoms with Crippen LogP contribution in [0.4, 0.5) is 0 Å². The van der Waals surface area contributed by atoms with Gasteiger partial charge in [-0.1, -0.05) is 50.2 Å². The number of hydrogen-bond acceptors (Lipinski definition) is 21. The van der Waals surface area contributed by atoms with E-state index in [2.05, 4.69) is 14.4 Å². The molecule has 6 aromatic rings. The largest absolute Gasteiger partial charge is 0.756 e. The van der Waals surface area contributed by atoms with Crippen molar-refractivity contribution in [2.45, 2.75) is 88.6 Å². The topological polar surface area (TPSA) is 390 Å². The summed E-state index contributed by atoms with van der Waals surface area (Å²) in [5.41, 5.74) is 2.52. The van der Waals surface area contributed by atoms with Gasteiger partial charge in [0.2, 0.25) is 0 Å². The van der Waals surface area contributed by atoms with Gasteiger partial charge in [-0.3, -0.25) is 23.2 Å². The number of rotatable bonds is 16. The molecule has 0 spiro atoms. The summed E-state index contributed by atoms with van der Waals surface area (Å²) in [7, 11) is -8.32. The van der Waals surface area contributed by atoms with Crippen LogP contribution in [-0.2, 0) is 84.2 Å². The Morgan fingerprint density at radius 2 is 1.12 bits per heavy atom. The first-order valence-corrected chi connectivity index (χ1v) is 26.8. The minimum absolute atomic E-state index is 0.0394. The molecule has 4 aliphatic rings. The van der Waals surface area contributed by atoms with E-state index in [0.29, 0.717) is 41.4 Å². The zero-order valence-corrected chi connectivity index (χ0v) is 43.2. The average Bonchev–Trinajstić information content (AvgIpc) is 4.06. The normalized spacial score (nSPS) is 20.3. The number of nitrogens with one attached hydrogen (secondary N) is 1. The van der Waals surface area contributed by atoms with E-state index in [9.17, 15) is 38.3 Å². The Morgan fingerprint density at radius 3 is 1.52 bits per heavy atom. The van der Waals surface area contributed by atoms with E-state index in [4.69, 9.17) is 64.0 Å². The Kier molecular flexibility index (Phi) is 16.9. The van der Waals surface area contributed by atoms with Crippen LogP contribution in [0.5, 0.6) is 0 Å². The third-order valence-corrected chi connectivity index (χ3v) is 14.4. The molecule has 4 aliphatic heterocycles. The number of nitrogens with zero attached hydrogens (tertiary/aromatic N) is 4. The summed E-state index contributed by atoms with van der Waals surface area (Å²) >= 11 is 0. The van der Waals surface area contributed by atoms with E-state index in [0.717, 1.165) is 32.9 Å². The first kappa shape index (κ1) is 57.2. The van der Waals surface area contributed by atoms with Crippen LogP contribution in [0.2, 0.25) is 0 Å². The van der Waals surface area contributed by atoms with Gasteiger partial charge in [0.25, 0.3) is 18.9 Å². The van der Waals surface area contributed by atoms with Crippen molar-refractivity contribution < 1.29 is 91.8 Å². The maximum absolute atomic E-state index is 13.3. The van der Waals surface area contributed by atoms with Crippen molar-refractivity contribution in [1.29, 1.82) is 0 Å². The number of ether oxygens (including phenoxy) is 4. The fourth-order valence-corrected chi connectivity index (χ4v) is 9.96. The highest BCUT2D eigenvalue weighted by Crippen LogP contribution is 2.44. The van der Waals surface area contributed by atoms with E-state index in [-0.39, 0.29) is 60.4 Å². The molecule has 0 amide bonds. The summed E-state index contributed by atoms with van der Waals surface area (Å²) in [6.45, 7) is 1.16. The summed E-state index contributed by atoms with van der Waals surface area (Å²) in [6, 6.07) is 22.5. The second kappa shape index (κ2) is 22.8. The molecule has 10 rings (SSSR count). The number of hydrogen-bond donors (Lipinski definition) is 9. The highest BCUT2D eigenvalue weighted by Gasteiger charge is 2.50. The molecule has 0 fully saturated rings. The zero-order chi connectivity index (χ0) is 55.8. The summed E-state index contributed by atoms with van der Waals surface area (Å²) in [6.07, 6.45) is -5.55. The second-order valence-electron chi connectivity index (χ2n) is 18.1. The molecule has 412 valence electrons. The van der Waals surface area contributed by atoms with Crippen LogP contribution < -0.4 is 21.3 Å². The number of carbonyl (C=O) groups is 2. The van der Waals surface area contributed by atoms with Crippen molar-refractivity contribution in [2.24, 2.45) is 0 Å². The van der Waals surface area contributed by atoms with Crippen molar-refractivity contribution >= 4 is 49.4 Å². The quantitative estimate of drug-likeness (QED) is 0.0358. The molecule has 0 bridgehead atoms. The standard InChI is InChI=1S/2C21H19N2O8P.C7H17NO5/c2*1-2-21(30-11-31-32(26,27)28)15-8-17-18-13(7-12-5-3-4-6-16(12)22-18)9-23(17)19(24)14(15)10-29-20(21)25;1-8-2-4(10)6(12)7(13)5(11)3-9/h2*3-8H,2,9-11H2,1H3,(H2,26,27,28);4-13H,2-3H2,1H3/p-1/t2*21-;/m00./s1. The zero-order valence-electron chi connectivity index (χ0n) is 41.4. The first-order chi connectivity index (χ1) is 36.5. The predicted molar refractivity (Wildman–Crippen MR) is 266 cm³/mol. The van der Waals surface area contributed by atoms with Crippen LogP contribution in [0.3, 0.4) is 0 Å². The summed E-state index contributed by atoms with van der Waals surface area (Å²) in [4.78, 5) is 99.4. The number of phosphoric ester groups is 2. The Bertz CT molecular complexity index is 3260. The van der Waals surface area contributed by atoms with Crippen molar-refractivity contribution in [3.05, 3.63) is 127 Å². The number of aromatic nitrogens is 4. The third-order valence-electron chi connectivity index (χ3n) is 13.6. The van der Waals surface area contributed by atoms with Gasteiger partial charge in [0, 0.05) is 39.6 Å². The summed E-state index contributed by atoms with van der Waals surface area (Å²) < 4.78 is 55.3. The van der Waals surface area contributed by atoms with E-state index < -0.39 is 83.4 Å². The number of fused-ring (bicyclic) bond motifs is 10. The lowest BCUT2D eigenvalue weighted by Gasteiger charge is -2.36. The number of aliphatic hydroxyl groups is 5. The highest BCUT2D eigenvalue weighted by molar-refractivity contribution is 7.46. The van der Waals surface area contributed by atoms with Gasteiger partial charge in [0.1, 0.15) is 31.5 Å². The molecule has 28 heteroatoms. The maximum Gasteiger partial charge on any atom is 0.471 e. The van der Waals surface area contributed by atoms with Gasteiger partial charge in [0.15, 0.2) is 24.8 Å². The lowest BCUT2D eigenvalue weighted by molar-refractivity contribution is -0.238. The molecular formula is C49H54N5O21P2-. The van der Waals surface area contributed by atoms with Gasteiger partial charge in [-0.25, -0.2) is 24.1 Å². The number of para-hydroxylation sites is 2. The number of phosphoric acid groups is 2. The summed E-state index contributed by atoms with van der Waals surface area (Å²) in [5.74, 6) is -1.53. The maximum atomic E-state index is 13.3. The van der Waals surface area contributed by atoms with Crippen LogP contribution >= 0.6 is 15.6 Å². The van der Waals surface area contributed by atoms with Gasteiger partial charge in [0.05, 0.1) is 70.7 Å². The highest BCUT2D eigenvalue weighted by atomic mass is 31.2. The van der Waals surface area contributed by atoms with E-state index >= 15 is 0 Å². The SMILES string of the molecule is CC[C@@]1(OCOP(=O)(O)O)C(=O)OCc2c1cc1n(c2=O)Cc2cc3ccccc3nc2-1.CC[C@@]1(OCOP(=O)([O-])O)C(=O)OCc2c1cc1n(c2=O)Cc2cc3ccccc3nc2-1.CNCC(O)C(O)C(O)C(O)CO. The molecule has 0 aliphatic carbocycles. The van der Waals surface area contributed by atoms with Crippen molar-refractivity contribution in [3.63, 3.8) is 0 Å². The predicted octanol–water partition coefficient (Wildman–Crippen LogP) is 0.351. The van der Waals surface area contributed by atoms with Crippen LogP contribution in [0, 0.1) is 0 Å². The smallest absolute Gasteiger partial charge is 0.471 e. The van der Waals surface area contributed by atoms with E-state index in [1.807, 2.05) is 60.7 Å². The fourth-order valence-electron chi connectivity index (χ4n) is 9.59. The molecule has 0 radical (unpaired) electrons. The minimum Gasteiger partial charge on any atom is -0.756 e. The van der Waals surface area contributed by atoms with Gasteiger partial charge in [-0.15, -0.1) is 0 Å². The van der Waals surface area contributed by atoms with E-state index in [1.165, 1.54) is 0 Å². The second-order valence-corrected chi connectivity index (χ2v) is 20.5. The van der Waals surface area contributed by atoms with Crippen LogP contribution in [0.25, 0.3) is 44.6 Å². The Labute approximate surface area is 436 Å². The molecule has 8 heterocycles. The molecule has 4 aromatic heterocycles. The lowest BCUT2D eigenvalue weighted by atomic mass is 9.85. The number of likely N-dealkylation sites (N-methyl/N-ethyl adjacent to an activating group) is 1. The number of cyclic esters (lactones) is 2. The van der Waals surface area contributed by atoms with Crippen molar-refractivity contribution in [1.82, 2.24) is 24.4 Å². The van der Waals surface area contributed by atoms with Crippen molar-refractivity contribution in [2.75, 3.05) is 33.8 Å². The van der Waals surface area contributed by atoms with E-state index in [1.54, 1.807) is 42.2 Å². The lowest BCUT2D eigenvalue weighted by Crippen LogP contribution is -2.48. The molecule has 5 unspecified atom stereocenters. The molecule has 9 N–H and O–H groups in total. The fraction of sp³-hybridized carbons (Fsp3) is 0.388. The molecule has 2 aromatic carbocycles. The van der Waals surface area contributed by atoms with Crippen molar-refractivity contribution in [3.8, 4) is 22.8 Å². The van der Waals surface area contributed by atoms with Crippen LogP contribution in [0.1, 0.15) is 60.1 Å². The van der Waals surface area contributed by atoms with Gasteiger partial charge in [-0.2, -0.15) is 0 Å². The van der Waals surface area contributed by atoms with Crippen LogP contribution in [-0.4, -0.2) is 129 Å². The summed E-state index contributed by atoms with van der Waals surface area (Å²) in [5, 5.41) is 49.4. The molecule has 26 nitrogen and oxygen atoms in total.